The number of hydrogen-bond donors (Lipinski definition) is 4. The first kappa shape index (κ1) is 41.7. The van der Waals surface area contributed by atoms with E-state index in [1.54, 1.807) is 24.3 Å². The average molecular weight is 822 g/mol. The molecule has 308 valence electrons. The van der Waals surface area contributed by atoms with Crippen molar-refractivity contribution in [2.24, 2.45) is 0 Å². The second kappa shape index (κ2) is 20.0. The van der Waals surface area contributed by atoms with Crippen LogP contribution in [0.15, 0.2) is 91.9 Å². The molecule has 3 aromatic carbocycles. The molecule has 4 N–H and O–H groups in total. The quantitative estimate of drug-likeness (QED) is 0.0725. The van der Waals surface area contributed by atoms with Crippen LogP contribution >= 0.6 is 23.5 Å². The average Bonchev–Trinajstić information content (AvgIpc) is 3.69. The number of fused-ring (bicyclic) bond motifs is 1. The van der Waals surface area contributed by atoms with Crippen molar-refractivity contribution in [3.8, 4) is 0 Å². The van der Waals surface area contributed by atoms with Gasteiger partial charge >= 0.3 is 0 Å². The number of para-hydroxylation sites is 1. The van der Waals surface area contributed by atoms with Crippen LogP contribution in [0.1, 0.15) is 56.2 Å². The molecule has 0 spiro atoms. The number of hydrogen-bond acceptors (Lipinski definition) is 11. The lowest BCUT2D eigenvalue weighted by molar-refractivity contribution is 0.0855. The van der Waals surface area contributed by atoms with Crippen molar-refractivity contribution in [3.63, 3.8) is 0 Å². The lowest BCUT2D eigenvalue weighted by Crippen LogP contribution is -2.53. The van der Waals surface area contributed by atoms with E-state index < -0.39 is 0 Å². The van der Waals surface area contributed by atoms with Crippen LogP contribution < -0.4 is 30.5 Å². The van der Waals surface area contributed by atoms with Gasteiger partial charge in [-0.05, 0) is 97.8 Å². The number of piperidine rings is 1. The number of anilines is 7. The monoisotopic (exact) mass is 820 g/mol. The molecule has 58 heavy (non-hydrogen) atoms. The topological polar surface area (TPSA) is 86.9 Å². The fraction of sp³-hybridized carbons (Fsp3) is 0.435. The van der Waals surface area contributed by atoms with Crippen LogP contribution in [0.2, 0.25) is 5.02 Å². The van der Waals surface area contributed by atoms with Crippen LogP contribution in [0, 0.1) is 0 Å². The molecule has 1 aromatic heterocycles. The Kier molecular flexibility index (Phi) is 14.4. The molecule has 4 heterocycles. The van der Waals surface area contributed by atoms with Crippen molar-refractivity contribution in [1.29, 1.82) is 0 Å². The maximum absolute atomic E-state index is 6.62. The molecule has 0 aliphatic carbocycles. The molecule has 1 atom stereocenters. The van der Waals surface area contributed by atoms with Gasteiger partial charge in [0.1, 0.15) is 5.02 Å². The van der Waals surface area contributed by atoms with Gasteiger partial charge < -0.3 is 35.4 Å². The highest BCUT2D eigenvalue weighted by molar-refractivity contribution is 8.00. The zero-order valence-corrected chi connectivity index (χ0v) is 36.1. The summed E-state index contributed by atoms with van der Waals surface area (Å²) in [4.78, 5) is 17.3. The molecule has 4 aromatic rings. The number of aryl methyl sites for hydroxylation is 1. The van der Waals surface area contributed by atoms with Crippen LogP contribution in [-0.4, -0.2) is 90.5 Å². The number of nitrogens with zero attached hydrogens (tertiary/aromatic N) is 6. The van der Waals surface area contributed by atoms with Crippen LogP contribution in [0.5, 0.6) is 0 Å². The summed E-state index contributed by atoms with van der Waals surface area (Å²) >= 11 is 8.36. The first-order valence-corrected chi connectivity index (χ1v) is 22.7. The van der Waals surface area contributed by atoms with E-state index in [0.29, 0.717) is 22.8 Å². The number of aromatic nitrogens is 2. The van der Waals surface area contributed by atoms with Gasteiger partial charge in [0.15, 0.2) is 5.82 Å². The normalized spacial score (nSPS) is 16.8. The Balaban J connectivity index is 0.870. The molecular weight excluding hydrogens is 760 g/mol. The Hall–Kier alpha value is -4.42. The molecule has 12 heteroatoms. The van der Waals surface area contributed by atoms with Crippen molar-refractivity contribution in [2.75, 3.05) is 83.8 Å². The molecular formula is C46H61ClN10S. The third-order valence-corrected chi connectivity index (χ3v) is 13.0. The summed E-state index contributed by atoms with van der Waals surface area (Å²) in [6.07, 6.45) is 13.0. The van der Waals surface area contributed by atoms with Crippen molar-refractivity contribution in [3.05, 3.63) is 114 Å². The highest BCUT2D eigenvalue weighted by atomic mass is 35.5. The summed E-state index contributed by atoms with van der Waals surface area (Å²) in [5.41, 5.74) is 10.6. The first-order chi connectivity index (χ1) is 28.3. The third-order valence-electron chi connectivity index (χ3n) is 11.9. The van der Waals surface area contributed by atoms with E-state index in [1.165, 1.54) is 40.9 Å². The molecule has 0 radical (unpaired) electrons. The van der Waals surface area contributed by atoms with E-state index in [0.717, 1.165) is 107 Å². The first-order valence-electron chi connectivity index (χ1n) is 21.1. The molecule has 2 saturated heterocycles. The van der Waals surface area contributed by atoms with E-state index in [2.05, 4.69) is 139 Å². The van der Waals surface area contributed by atoms with E-state index in [1.807, 2.05) is 0 Å². The molecule has 3 aliphatic heterocycles. The molecule has 1 unspecified atom stereocenters. The largest absolute Gasteiger partial charge is 0.377 e. The van der Waals surface area contributed by atoms with Gasteiger partial charge in [-0.25, -0.2) is 4.98 Å². The predicted molar refractivity (Wildman–Crippen MR) is 249 cm³/mol. The van der Waals surface area contributed by atoms with E-state index in [4.69, 9.17) is 16.6 Å². The van der Waals surface area contributed by atoms with Gasteiger partial charge in [-0.3, -0.25) is 4.90 Å². The maximum atomic E-state index is 6.62. The van der Waals surface area contributed by atoms with Gasteiger partial charge in [-0.1, -0.05) is 81.2 Å². The molecule has 0 saturated carbocycles. The Morgan fingerprint density at radius 3 is 2.48 bits per heavy atom. The van der Waals surface area contributed by atoms with Crippen molar-refractivity contribution in [1.82, 2.24) is 25.1 Å². The highest BCUT2D eigenvalue weighted by Crippen LogP contribution is 2.40. The lowest BCUT2D eigenvalue weighted by Gasteiger charge is -2.43. The minimum Gasteiger partial charge on any atom is -0.377 e. The van der Waals surface area contributed by atoms with Crippen LogP contribution in [0.4, 0.5) is 40.2 Å². The molecule has 0 amide bonds. The van der Waals surface area contributed by atoms with Crippen molar-refractivity contribution >= 4 is 63.8 Å². The fourth-order valence-electron chi connectivity index (χ4n) is 8.61. The summed E-state index contributed by atoms with van der Waals surface area (Å²) in [5, 5.41) is 14.3. The standard InChI is InChI=1S/C46H61ClN10S/c1-6-10-41(33(4)48-8-3)50-37-15-13-34(14-16-37)19-23-54-27-29-56(30-28-54)38-21-24-55(25-22-38)39-17-18-42(35(7-2)31-39)52-46-49-32-40(47)45(53-46)51-43-12-9-11-36-20-26-57(58-5)44(36)43/h8-9,11-18,31-32,38,41,48,50H,3-4,6-7,10,19-30H2,1-2,5H3,(H2,49,51,52,53). The lowest BCUT2D eigenvalue weighted by atomic mass is 10.0. The summed E-state index contributed by atoms with van der Waals surface area (Å²) in [7, 11) is 0. The van der Waals surface area contributed by atoms with Gasteiger partial charge in [-0.2, -0.15) is 4.98 Å². The number of halogens is 1. The fourth-order valence-corrected chi connectivity index (χ4v) is 9.42. The minimum atomic E-state index is 0.184. The molecule has 3 aliphatic rings. The smallest absolute Gasteiger partial charge is 0.229 e. The van der Waals surface area contributed by atoms with Gasteiger partial charge in [0.2, 0.25) is 5.95 Å². The summed E-state index contributed by atoms with van der Waals surface area (Å²) in [6, 6.07) is 22.9. The van der Waals surface area contributed by atoms with Gasteiger partial charge in [-0.15, -0.1) is 0 Å². The zero-order chi connectivity index (χ0) is 40.4. The van der Waals surface area contributed by atoms with Crippen molar-refractivity contribution < 1.29 is 0 Å². The Bertz CT molecular complexity index is 1990. The van der Waals surface area contributed by atoms with Crippen LogP contribution in [0.25, 0.3) is 0 Å². The summed E-state index contributed by atoms with van der Waals surface area (Å²) in [6.45, 7) is 21.2. The zero-order valence-electron chi connectivity index (χ0n) is 34.6. The van der Waals surface area contributed by atoms with Gasteiger partial charge in [0, 0.05) is 87.4 Å². The highest BCUT2D eigenvalue weighted by Gasteiger charge is 2.28. The SMILES string of the molecule is C=CNC(=C)C(CCC)Nc1ccc(CCN2CCN(C3CCN(c4ccc(Nc5ncc(Cl)c(Nc6cccc7c6N(SC)CC7)n5)c(CC)c4)CC3)CC2)cc1. The van der Waals surface area contributed by atoms with Gasteiger partial charge in [0.25, 0.3) is 0 Å². The van der Waals surface area contributed by atoms with Crippen LogP contribution in [0.3, 0.4) is 0 Å². The Morgan fingerprint density at radius 1 is 0.966 bits per heavy atom. The third kappa shape index (κ3) is 10.2. The Morgan fingerprint density at radius 2 is 1.76 bits per heavy atom. The van der Waals surface area contributed by atoms with E-state index >= 15 is 0 Å². The maximum Gasteiger partial charge on any atom is 0.229 e. The number of piperazine rings is 1. The van der Waals surface area contributed by atoms with Crippen molar-refractivity contribution in [2.45, 2.75) is 70.9 Å². The van der Waals surface area contributed by atoms with Crippen LogP contribution in [-0.2, 0) is 19.3 Å². The second-order valence-electron chi connectivity index (χ2n) is 15.6. The molecule has 7 rings (SSSR count). The summed E-state index contributed by atoms with van der Waals surface area (Å²) in [5.74, 6) is 1.11. The second-order valence-corrected chi connectivity index (χ2v) is 16.8. The van der Waals surface area contributed by atoms with E-state index in [9.17, 15) is 0 Å². The number of rotatable bonds is 18. The predicted octanol–water partition coefficient (Wildman–Crippen LogP) is 9.48. The minimum absolute atomic E-state index is 0.184. The Labute approximate surface area is 355 Å². The number of nitrogens with one attached hydrogen (secondary N) is 4. The van der Waals surface area contributed by atoms with E-state index in [-0.39, 0.29) is 6.04 Å². The summed E-state index contributed by atoms with van der Waals surface area (Å²) < 4.78 is 2.32. The molecule has 10 nitrogen and oxygen atoms in total. The molecule has 2 fully saturated rings. The molecule has 0 bridgehead atoms. The van der Waals surface area contributed by atoms with Gasteiger partial charge in [0.05, 0.1) is 23.6 Å². The number of benzene rings is 3.